The normalized spacial score (nSPS) is 42.9. The van der Waals surface area contributed by atoms with Crippen LogP contribution in [0.15, 0.2) is 24.4 Å². The van der Waals surface area contributed by atoms with Crippen LogP contribution >= 0.6 is 0 Å². The van der Waals surface area contributed by atoms with Gasteiger partial charge in [-0.2, -0.15) is 0 Å². The third-order valence-corrected chi connectivity index (χ3v) is 11.4. The zero-order valence-electron chi connectivity index (χ0n) is 21.2. The highest BCUT2D eigenvalue weighted by atomic mass is 16.6. The lowest BCUT2D eigenvalue weighted by Gasteiger charge is -2.74. The summed E-state index contributed by atoms with van der Waals surface area (Å²) in [6, 6.07) is 4.32. The molecule has 7 aliphatic rings. The topological polar surface area (TPSA) is 62.2 Å². The first-order chi connectivity index (χ1) is 16.0. The van der Waals surface area contributed by atoms with Gasteiger partial charge in [0.1, 0.15) is 11.7 Å². The molecule has 34 heavy (non-hydrogen) atoms. The summed E-state index contributed by atoms with van der Waals surface area (Å²) in [5, 5.41) is 23.1. The molecule has 5 aliphatic carbocycles. The van der Waals surface area contributed by atoms with Gasteiger partial charge in [-0.25, -0.2) is 0 Å². The molecule has 0 saturated heterocycles. The quantitative estimate of drug-likeness (QED) is 0.684. The molecule has 2 aliphatic heterocycles. The minimum absolute atomic E-state index is 0.0481. The fourth-order valence-electron chi connectivity index (χ4n) is 9.02. The van der Waals surface area contributed by atoms with Gasteiger partial charge >= 0.3 is 0 Å². The predicted octanol–water partition coefficient (Wildman–Crippen LogP) is 4.54. The van der Waals surface area contributed by atoms with E-state index in [9.17, 15) is 10.2 Å². The van der Waals surface area contributed by atoms with E-state index in [1.54, 1.807) is 7.11 Å². The summed E-state index contributed by atoms with van der Waals surface area (Å²) in [7, 11) is 1.81. The average Bonchev–Trinajstić information content (AvgIpc) is 3.53. The number of aromatic hydroxyl groups is 1. The number of phenolic OH excluding ortho intramolecular Hbond substituents is 1. The molecule has 0 aromatic heterocycles. The van der Waals surface area contributed by atoms with Crippen molar-refractivity contribution in [3.8, 4) is 11.5 Å². The maximum atomic E-state index is 12.2. The molecule has 2 spiro atoms. The van der Waals surface area contributed by atoms with Crippen LogP contribution in [0.5, 0.6) is 11.5 Å². The van der Waals surface area contributed by atoms with Gasteiger partial charge < -0.3 is 24.6 Å². The van der Waals surface area contributed by atoms with Crippen molar-refractivity contribution < 1.29 is 19.7 Å². The molecule has 5 heteroatoms. The van der Waals surface area contributed by atoms with E-state index in [0.29, 0.717) is 11.8 Å². The molecular formula is C29H39NO4. The highest BCUT2D eigenvalue weighted by Gasteiger charge is 2.81. The monoisotopic (exact) mass is 465 g/mol. The van der Waals surface area contributed by atoms with Gasteiger partial charge in [0, 0.05) is 36.6 Å². The fraction of sp³-hybridized carbons (Fsp3) is 0.724. The second kappa shape index (κ2) is 6.15. The van der Waals surface area contributed by atoms with Gasteiger partial charge in [0.05, 0.1) is 11.0 Å². The van der Waals surface area contributed by atoms with Gasteiger partial charge in [-0.1, -0.05) is 32.9 Å². The van der Waals surface area contributed by atoms with Crippen molar-refractivity contribution in [2.24, 2.45) is 22.7 Å². The first-order valence-corrected chi connectivity index (χ1v) is 13.3. The molecule has 8 rings (SSSR count). The lowest BCUT2D eigenvalue weighted by atomic mass is 9.34. The van der Waals surface area contributed by atoms with E-state index in [2.05, 4.69) is 44.0 Å². The van der Waals surface area contributed by atoms with Crippen LogP contribution in [-0.2, 0) is 16.6 Å². The van der Waals surface area contributed by atoms with Crippen LogP contribution in [-0.4, -0.2) is 52.1 Å². The first kappa shape index (κ1) is 21.6. The van der Waals surface area contributed by atoms with Gasteiger partial charge in [0.25, 0.3) is 0 Å². The lowest BCUT2D eigenvalue weighted by molar-refractivity contribution is -0.296. The van der Waals surface area contributed by atoms with Crippen molar-refractivity contribution in [1.82, 2.24) is 4.90 Å². The lowest BCUT2D eigenvalue weighted by Crippen LogP contribution is -2.81. The average molecular weight is 466 g/mol. The molecule has 0 amide bonds. The summed E-state index contributed by atoms with van der Waals surface area (Å²) < 4.78 is 13.4. The number of rotatable bonds is 4. The standard InChI is InChI=1S/C29H39NO4/c1-25(2,3)26(4,32)20-15-27-10-11-29(20,33-5)24-28(27)12-13-30(16-17-6-7-17)21(27)14-18-8-9-19(31)23(34-24)22(18)28/h8-9,12-13,17,20-21,24,31-32H,6-7,10-11,14-16H2,1-5H3/t20-,21-,24-,26+,27-,28+,29-/m1/s1. The molecular weight excluding hydrogens is 426 g/mol. The Balaban J connectivity index is 1.50. The van der Waals surface area contributed by atoms with Crippen molar-refractivity contribution in [3.05, 3.63) is 35.5 Å². The zero-order valence-corrected chi connectivity index (χ0v) is 21.2. The molecule has 2 N–H and O–H groups in total. The Morgan fingerprint density at radius 3 is 2.62 bits per heavy atom. The summed E-state index contributed by atoms with van der Waals surface area (Å²) in [6.45, 7) is 9.56. The van der Waals surface area contributed by atoms with Crippen molar-refractivity contribution in [3.63, 3.8) is 0 Å². The second-order valence-electron chi connectivity index (χ2n) is 13.5. The number of aliphatic hydroxyl groups is 1. The number of ether oxygens (including phenoxy) is 2. The Bertz CT molecular complexity index is 1100. The third kappa shape index (κ3) is 2.17. The number of phenols is 1. The van der Waals surface area contributed by atoms with Gasteiger partial charge in [-0.15, -0.1) is 0 Å². The van der Waals surface area contributed by atoms with Crippen LogP contribution < -0.4 is 4.74 Å². The summed E-state index contributed by atoms with van der Waals surface area (Å²) in [6.07, 6.45) is 11.0. The Kier molecular flexibility index (Phi) is 3.90. The predicted molar refractivity (Wildman–Crippen MR) is 130 cm³/mol. The maximum absolute atomic E-state index is 12.2. The summed E-state index contributed by atoms with van der Waals surface area (Å²) in [4.78, 5) is 2.64. The Hall–Kier alpha value is -1.72. The number of methoxy groups -OCH3 is 1. The number of hydrogen-bond acceptors (Lipinski definition) is 5. The Labute approximate surface area is 203 Å². The fourth-order valence-corrected chi connectivity index (χ4v) is 9.02. The smallest absolute Gasteiger partial charge is 0.166 e. The van der Waals surface area contributed by atoms with Crippen LogP contribution in [0.25, 0.3) is 0 Å². The SMILES string of the molecule is CO[C@]12CC[C@@]3(C[C@@H]1[C@](C)(O)C(C)(C)C)[C@H]1Cc4ccc(O)c5c4[C@@]3(C=CN1CC1CC1)[C@H]2O5. The van der Waals surface area contributed by atoms with Crippen molar-refractivity contribution in [2.75, 3.05) is 13.7 Å². The Morgan fingerprint density at radius 2 is 1.94 bits per heavy atom. The van der Waals surface area contributed by atoms with Crippen LogP contribution in [0, 0.1) is 22.7 Å². The van der Waals surface area contributed by atoms with Crippen molar-refractivity contribution in [1.29, 1.82) is 0 Å². The molecule has 1 aromatic rings. The van der Waals surface area contributed by atoms with Crippen LogP contribution in [0.4, 0.5) is 0 Å². The maximum Gasteiger partial charge on any atom is 0.166 e. The number of benzene rings is 1. The minimum atomic E-state index is -0.933. The van der Waals surface area contributed by atoms with Gasteiger partial charge in [0.2, 0.25) is 0 Å². The second-order valence-corrected chi connectivity index (χ2v) is 13.5. The summed E-state index contributed by atoms with van der Waals surface area (Å²) >= 11 is 0. The summed E-state index contributed by atoms with van der Waals surface area (Å²) in [5.74, 6) is 1.63. The molecule has 1 aromatic carbocycles. The minimum Gasteiger partial charge on any atom is -0.504 e. The molecule has 184 valence electrons. The van der Waals surface area contributed by atoms with Crippen LogP contribution in [0.1, 0.15) is 70.9 Å². The van der Waals surface area contributed by atoms with Gasteiger partial charge in [-0.05, 0) is 74.6 Å². The molecule has 4 fully saturated rings. The van der Waals surface area contributed by atoms with E-state index in [1.165, 1.54) is 24.0 Å². The molecule has 2 heterocycles. The third-order valence-electron chi connectivity index (χ3n) is 11.4. The number of hydrogen-bond donors (Lipinski definition) is 2. The molecule has 4 bridgehead atoms. The number of nitrogens with zero attached hydrogens (tertiary/aromatic N) is 1. The van der Waals surface area contributed by atoms with E-state index in [0.717, 1.165) is 38.1 Å². The van der Waals surface area contributed by atoms with E-state index >= 15 is 0 Å². The van der Waals surface area contributed by atoms with Gasteiger partial charge in [0.15, 0.2) is 11.5 Å². The van der Waals surface area contributed by atoms with Gasteiger partial charge in [-0.3, -0.25) is 0 Å². The molecule has 4 saturated carbocycles. The zero-order chi connectivity index (χ0) is 23.9. The highest BCUT2D eigenvalue weighted by Crippen LogP contribution is 2.77. The van der Waals surface area contributed by atoms with E-state index in [4.69, 9.17) is 9.47 Å². The molecule has 0 unspecified atom stereocenters. The van der Waals surface area contributed by atoms with Crippen molar-refractivity contribution in [2.45, 2.75) is 95.0 Å². The molecule has 5 nitrogen and oxygen atoms in total. The largest absolute Gasteiger partial charge is 0.504 e. The van der Waals surface area contributed by atoms with E-state index in [1.807, 2.05) is 13.0 Å². The van der Waals surface area contributed by atoms with Crippen molar-refractivity contribution >= 4 is 0 Å². The Morgan fingerprint density at radius 1 is 1.18 bits per heavy atom. The van der Waals surface area contributed by atoms with Crippen LogP contribution in [0.3, 0.4) is 0 Å². The highest BCUT2D eigenvalue weighted by molar-refractivity contribution is 5.65. The summed E-state index contributed by atoms with van der Waals surface area (Å²) in [5.41, 5.74) is 0.284. The number of fused-ring (bicyclic) bond motifs is 2. The molecule has 7 atom stereocenters. The first-order valence-electron chi connectivity index (χ1n) is 13.3. The van der Waals surface area contributed by atoms with E-state index < -0.39 is 11.2 Å². The van der Waals surface area contributed by atoms with Crippen LogP contribution in [0.2, 0.25) is 0 Å². The van der Waals surface area contributed by atoms with E-state index in [-0.39, 0.29) is 34.0 Å². The molecule has 0 radical (unpaired) electrons.